The highest BCUT2D eigenvalue weighted by atomic mass is 28.2. The van der Waals surface area contributed by atoms with Crippen molar-refractivity contribution in [1.82, 2.24) is 4.98 Å². The van der Waals surface area contributed by atoms with Crippen molar-refractivity contribution in [3.8, 4) is 0 Å². The highest BCUT2D eigenvalue weighted by Crippen LogP contribution is 2.46. The summed E-state index contributed by atoms with van der Waals surface area (Å²) in [5, 5.41) is 3.32. The van der Waals surface area contributed by atoms with E-state index in [1.807, 2.05) is 0 Å². The Bertz CT molecular complexity index is 988. The van der Waals surface area contributed by atoms with Crippen LogP contribution in [0.2, 0.25) is 6.55 Å². The molecule has 5 rings (SSSR count). The van der Waals surface area contributed by atoms with Crippen LogP contribution in [-0.2, 0) is 26.0 Å². The van der Waals surface area contributed by atoms with Crippen LogP contribution in [0.15, 0.2) is 48.5 Å². The molecule has 3 aliphatic rings. The van der Waals surface area contributed by atoms with Crippen LogP contribution in [0.1, 0.15) is 80.9 Å². The van der Waals surface area contributed by atoms with Crippen LogP contribution < -0.4 is 10.3 Å². The molecule has 6 nitrogen and oxygen atoms in total. The fourth-order valence-corrected chi connectivity index (χ4v) is 7.24. The summed E-state index contributed by atoms with van der Waals surface area (Å²) in [6, 6.07) is 17.8. The van der Waals surface area contributed by atoms with Gasteiger partial charge in [0.1, 0.15) is 21.4 Å². The molecule has 1 spiro atoms. The quantitative estimate of drug-likeness (QED) is 0.0944. The highest BCUT2D eigenvalue weighted by molar-refractivity contribution is 6.30. The van der Waals surface area contributed by atoms with E-state index >= 15 is 0 Å². The highest BCUT2D eigenvalue weighted by Gasteiger charge is 2.58. The van der Waals surface area contributed by atoms with Crippen molar-refractivity contribution in [3.63, 3.8) is 0 Å². The van der Waals surface area contributed by atoms with E-state index in [2.05, 4.69) is 72.3 Å². The molecular weight excluding hydrogens is 492 g/mol. The van der Waals surface area contributed by atoms with Crippen molar-refractivity contribution in [1.29, 1.82) is 0 Å². The third kappa shape index (κ3) is 6.87. The maximum atomic E-state index is 5.86. The topological polar surface area (TPSA) is 61.0 Å². The number of anilines is 1. The Kier molecular flexibility index (Phi) is 9.92. The number of benzene rings is 2. The summed E-state index contributed by atoms with van der Waals surface area (Å²) >= 11 is 0. The van der Waals surface area contributed by atoms with Crippen LogP contribution in [-0.4, -0.2) is 40.3 Å². The molecule has 3 fully saturated rings. The largest absolute Gasteiger partial charge is 0.360 e. The van der Waals surface area contributed by atoms with Crippen LogP contribution >= 0.6 is 0 Å². The molecule has 2 N–H and O–H groups in total. The average Bonchev–Trinajstić information content (AvgIpc) is 3.56. The Labute approximate surface area is 230 Å². The summed E-state index contributed by atoms with van der Waals surface area (Å²) in [7, 11) is 0.757. The molecule has 1 heterocycles. The first-order valence-electron chi connectivity index (χ1n) is 14.6. The van der Waals surface area contributed by atoms with Crippen molar-refractivity contribution >= 4 is 15.4 Å². The number of nitrogens with one attached hydrogen (secondary N) is 2. The van der Waals surface area contributed by atoms with Gasteiger partial charge in [-0.2, -0.15) is 0 Å². The molecule has 5 atom stereocenters. The molecule has 1 aliphatic heterocycles. The van der Waals surface area contributed by atoms with Gasteiger partial charge in [0.15, 0.2) is 6.73 Å². The number of hydrogen-bond donors (Lipinski definition) is 2. The van der Waals surface area contributed by atoms with E-state index in [4.69, 9.17) is 19.6 Å². The van der Waals surface area contributed by atoms with Gasteiger partial charge < -0.3 is 10.3 Å². The molecule has 0 bridgehead atoms. The predicted molar refractivity (Wildman–Crippen MR) is 152 cm³/mol. The van der Waals surface area contributed by atoms with E-state index in [1.165, 1.54) is 61.6 Å². The third-order valence-corrected chi connectivity index (χ3v) is 9.36. The molecule has 1 saturated heterocycles. The second-order valence-corrected chi connectivity index (χ2v) is 12.2. The lowest BCUT2D eigenvalue weighted by molar-refractivity contribution is -0.512. The first kappa shape index (κ1) is 27.8. The van der Waals surface area contributed by atoms with E-state index in [1.54, 1.807) is 0 Å². The Morgan fingerprint density at radius 3 is 2.45 bits per heavy atom. The Morgan fingerprint density at radius 2 is 1.71 bits per heavy atom. The summed E-state index contributed by atoms with van der Waals surface area (Å²) in [6.07, 6.45) is 13.2. The first-order chi connectivity index (χ1) is 18.7. The van der Waals surface area contributed by atoms with Crippen LogP contribution in [0.25, 0.3) is 0 Å². The SMILES string of the molecule is C[Si]NC1CCCC12OOC2CCCCC1CCCC1OOCNc1ccc(Cc2ccc(C)cc2)cc1. The van der Waals surface area contributed by atoms with Crippen molar-refractivity contribution in [3.05, 3.63) is 65.2 Å². The number of unbranched alkanes of at least 4 members (excludes halogenated alkanes) is 1. The maximum absolute atomic E-state index is 5.86. The molecule has 7 heteroatoms. The van der Waals surface area contributed by atoms with Crippen molar-refractivity contribution < 1.29 is 19.6 Å². The first-order valence-corrected chi connectivity index (χ1v) is 16.1. The fraction of sp³-hybridized carbons (Fsp3) is 0.613. The van der Waals surface area contributed by atoms with Gasteiger partial charge in [0.2, 0.25) is 0 Å². The second-order valence-electron chi connectivity index (χ2n) is 11.4. The predicted octanol–water partition coefficient (Wildman–Crippen LogP) is 6.51. The van der Waals surface area contributed by atoms with Gasteiger partial charge in [0.05, 0.1) is 6.10 Å². The minimum atomic E-state index is -0.0652. The Balaban J connectivity index is 0.963. The van der Waals surface area contributed by atoms with Gasteiger partial charge in [0.25, 0.3) is 0 Å². The molecule has 2 aromatic rings. The molecule has 0 amide bonds. The normalized spacial score (nSPS) is 28.6. The van der Waals surface area contributed by atoms with Crippen LogP contribution in [0.4, 0.5) is 5.69 Å². The lowest BCUT2D eigenvalue weighted by Crippen LogP contribution is -2.64. The molecule has 38 heavy (non-hydrogen) atoms. The standard InChI is InChI=1S/C31H44N2O4Si/c1-23-12-14-24(15-13-23)21-25-16-18-27(19-17-25)32-22-34-35-28-9-5-8-26(28)7-3-4-11-30-31(37-36-30)20-6-10-29(31)33-38-2/h12-19,26,28-30,32-33H,3-11,20-22H2,1-2H3. The Morgan fingerprint density at radius 1 is 0.947 bits per heavy atom. The van der Waals surface area contributed by atoms with Crippen LogP contribution in [0.3, 0.4) is 0 Å². The van der Waals surface area contributed by atoms with Gasteiger partial charge in [-0.1, -0.05) is 67.8 Å². The van der Waals surface area contributed by atoms with Gasteiger partial charge in [-0.15, -0.1) is 0 Å². The molecule has 2 radical (unpaired) electrons. The molecule has 0 aromatic heterocycles. The molecule has 2 saturated carbocycles. The van der Waals surface area contributed by atoms with Gasteiger partial charge in [0, 0.05) is 11.7 Å². The van der Waals surface area contributed by atoms with Crippen molar-refractivity contribution in [2.75, 3.05) is 12.0 Å². The minimum absolute atomic E-state index is 0.0652. The summed E-state index contributed by atoms with van der Waals surface area (Å²) in [5.74, 6) is 0.589. The van der Waals surface area contributed by atoms with Crippen molar-refractivity contribution in [2.45, 2.75) is 108 Å². The summed E-state index contributed by atoms with van der Waals surface area (Å²) in [5.41, 5.74) is 4.91. The molecule has 2 aliphatic carbocycles. The Hall–Kier alpha value is -1.74. The van der Waals surface area contributed by atoms with Crippen LogP contribution in [0, 0.1) is 12.8 Å². The van der Waals surface area contributed by atoms with Crippen molar-refractivity contribution in [2.24, 2.45) is 5.92 Å². The number of hydrogen-bond acceptors (Lipinski definition) is 6. The van der Waals surface area contributed by atoms with E-state index in [9.17, 15) is 0 Å². The minimum Gasteiger partial charge on any atom is -0.360 e. The summed E-state index contributed by atoms with van der Waals surface area (Å²) in [4.78, 5) is 26.4. The third-order valence-electron chi connectivity index (χ3n) is 8.72. The zero-order valence-electron chi connectivity index (χ0n) is 23.0. The molecule has 5 unspecified atom stereocenters. The van der Waals surface area contributed by atoms with Gasteiger partial charge in [-0.05, 0) is 87.5 Å². The molecular formula is C31H44N2O4Si. The number of rotatable bonds is 14. The van der Waals surface area contributed by atoms with E-state index < -0.39 is 0 Å². The van der Waals surface area contributed by atoms with E-state index in [0.29, 0.717) is 18.7 Å². The fourth-order valence-electron chi connectivity index (χ4n) is 6.50. The zero-order valence-corrected chi connectivity index (χ0v) is 24.0. The molecule has 2 aromatic carbocycles. The summed E-state index contributed by atoms with van der Waals surface area (Å²) in [6.45, 7) is 4.68. The average molecular weight is 537 g/mol. The van der Waals surface area contributed by atoms with Gasteiger partial charge >= 0.3 is 0 Å². The molecule has 206 valence electrons. The monoisotopic (exact) mass is 536 g/mol. The zero-order chi connectivity index (χ0) is 26.2. The summed E-state index contributed by atoms with van der Waals surface area (Å²) < 4.78 is 0. The van der Waals surface area contributed by atoms with Gasteiger partial charge in [-0.25, -0.2) is 19.6 Å². The smallest absolute Gasteiger partial charge is 0.152 e. The van der Waals surface area contributed by atoms with E-state index in [0.717, 1.165) is 41.1 Å². The number of aryl methyl sites for hydroxylation is 1. The van der Waals surface area contributed by atoms with Crippen LogP contribution in [0.5, 0.6) is 0 Å². The lowest BCUT2D eigenvalue weighted by atomic mass is 9.86. The maximum Gasteiger partial charge on any atom is 0.152 e. The van der Waals surface area contributed by atoms with E-state index in [-0.39, 0.29) is 17.8 Å². The second kappa shape index (κ2) is 13.6. The van der Waals surface area contributed by atoms with Gasteiger partial charge in [-0.3, -0.25) is 0 Å². The lowest BCUT2D eigenvalue weighted by Gasteiger charge is -2.48.